The number of aromatic nitrogens is 4. The van der Waals surface area contributed by atoms with E-state index in [0.717, 1.165) is 17.8 Å². The van der Waals surface area contributed by atoms with E-state index in [9.17, 15) is 0 Å². The zero-order valence-corrected chi connectivity index (χ0v) is 12.6. The number of ether oxygens (including phenoxy) is 2. The van der Waals surface area contributed by atoms with Gasteiger partial charge in [-0.3, -0.25) is 4.98 Å². The number of rotatable bonds is 5. The molecule has 0 saturated carbocycles. The van der Waals surface area contributed by atoms with E-state index in [-0.39, 0.29) is 24.1 Å². The first-order valence-corrected chi connectivity index (χ1v) is 6.80. The van der Waals surface area contributed by atoms with Crippen LogP contribution < -0.4 is 15.2 Å². The number of nitrogen functional groups attached to an aromatic ring is 1. The molecule has 0 aliphatic heterocycles. The highest BCUT2D eigenvalue weighted by molar-refractivity contribution is 5.32. The monoisotopic (exact) mass is 289 g/mol. The summed E-state index contributed by atoms with van der Waals surface area (Å²) in [4.78, 5) is 16.4. The lowest BCUT2D eigenvalue weighted by Crippen LogP contribution is -2.11. The molecule has 0 aliphatic carbocycles. The van der Waals surface area contributed by atoms with E-state index in [1.54, 1.807) is 0 Å². The van der Waals surface area contributed by atoms with Gasteiger partial charge in [0.25, 0.3) is 0 Å². The fourth-order valence-corrected chi connectivity index (χ4v) is 1.70. The van der Waals surface area contributed by atoms with Crippen LogP contribution in [0.2, 0.25) is 0 Å². The van der Waals surface area contributed by atoms with E-state index in [1.165, 1.54) is 0 Å². The van der Waals surface area contributed by atoms with Crippen LogP contribution in [0.3, 0.4) is 0 Å². The number of aryl methyl sites for hydroxylation is 2. The van der Waals surface area contributed by atoms with Gasteiger partial charge in [0.05, 0.1) is 11.8 Å². The van der Waals surface area contributed by atoms with E-state index >= 15 is 0 Å². The molecule has 0 spiro atoms. The Morgan fingerprint density at radius 2 is 1.81 bits per heavy atom. The summed E-state index contributed by atoms with van der Waals surface area (Å²) in [6.45, 7) is 7.68. The number of nitrogens with two attached hydrogens (primary N) is 1. The Hall–Kier alpha value is -2.44. The molecule has 0 amide bonds. The Kier molecular flexibility index (Phi) is 4.52. The molecule has 0 saturated heterocycles. The summed E-state index contributed by atoms with van der Waals surface area (Å²) >= 11 is 0. The van der Waals surface area contributed by atoms with E-state index in [4.69, 9.17) is 15.2 Å². The van der Waals surface area contributed by atoms with Crippen LogP contribution >= 0.6 is 0 Å². The van der Waals surface area contributed by atoms with E-state index < -0.39 is 0 Å². The summed E-state index contributed by atoms with van der Waals surface area (Å²) in [5.41, 5.74) is 7.41. The van der Waals surface area contributed by atoms with E-state index in [2.05, 4.69) is 19.9 Å². The molecule has 0 aliphatic rings. The molecule has 112 valence electrons. The average Bonchev–Trinajstić information content (AvgIpc) is 2.39. The van der Waals surface area contributed by atoms with Crippen molar-refractivity contribution >= 4 is 5.95 Å². The minimum atomic E-state index is -0.0631. The highest BCUT2D eigenvalue weighted by Gasteiger charge is 2.11. The maximum Gasteiger partial charge on any atom is 0.330 e. The van der Waals surface area contributed by atoms with Gasteiger partial charge in [-0.05, 0) is 39.3 Å². The van der Waals surface area contributed by atoms with Gasteiger partial charge in [-0.2, -0.15) is 9.97 Å². The molecular formula is C14H19N5O2. The van der Waals surface area contributed by atoms with Gasteiger partial charge in [-0.25, -0.2) is 0 Å². The van der Waals surface area contributed by atoms with Crippen molar-refractivity contribution in [3.8, 4) is 17.8 Å². The topological polar surface area (TPSA) is 96.0 Å². The second-order valence-corrected chi connectivity index (χ2v) is 4.78. The molecule has 7 heteroatoms. The second kappa shape index (κ2) is 6.34. The van der Waals surface area contributed by atoms with E-state index in [1.807, 2.05) is 39.8 Å². The van der Waals surface area contributed by atoms with Gasteiger partial charge in [0.2, 0.25) is 5.95 Å². The van der Waals surface area contributed by atoms with Gasteiger partial charge in [0, 0.05) is 5.69 Å². The van der Waals surface area contributed by atoms with Crippen molar-refractivity contribution in [3.05, 3.63) is 23.5 Å². The Labute approximate surface area is 123 Å². The maximum atomic E-state index is 5.67. The molecule has 0 radical (unpaired) electrons. The molecule has 2 heterocycles. The zero-order chi connectivity index (χ0) is 15.4. The Balaban J connectivity index is 2.29. The molecule has 2 aromatic rings. The molecule has 0 atom stereocenters. The second-order valence-electron chi connectivity index (χ2n) is 4.78. The third-order valence-electron chi connectivity index (χ3n) is 2.56. The fraction of sp³-hybridized carbons (Fsp3) is 0.429. The van der Waals surface area contributed by atoms with Crippen molar-refractivity contribution in [2.24, 2.45) is 0 Å². The first-order chi connectivity index (χ1) is 9.97. The number of pyridine rings is 1. The van der Waals surface area contributed by atoms with Crippen molar-refractivity contribution in [2.75, 3.05) is 5.73 Å². The van der Waals surface area contributed by atoms with Gasteiger partial charge in [0.15, 0.2) is 5.75 Å². The van der Waals surface area contributed by atoms with Crippen molar-refractivity contribution in [2.45, 2.75) is 40.2 Å². The average molecular weight is 289 g/mol. The Morgan fingerprint density at radius 1 is 1.10 bits per heavy atom. The molecule has 2 rings (SSSR count). The highest BCUT2D eigenvalue weighted by atomic mass is 16.5. The molecule has 21 heavy (non-hydrogen) atoms. The predicted octanol–water partition coefficient (Wildman–Crippen LogP) is 2.30. The number of nitrogens with zero attached hydrogens (tertiary/aromatic N) is 4. The summed E-state index contributed by atoms with van der Waals surface area (Å²) in [5.74, 6) is 0.651. The van der Waals surface area contributed by atoms with Crippen LogP contribution in [0, 0.1) is 6.92 Å². The lowest BCUT2D eigenvalue weighted by atomic mass is 10.2. The molecule has 2 aromatic heterocycles. The molecular weight excluding hydrogens is 270 g/mol. The minimum absolute atomic E-state index is 0.0498. The molecule has 0 aromatic carbocycles. The SMILES string of the molecule is CCc1nc(C)ccc1Oc1nc(N)nc(OC(C)C)n1. The van der Waals surface area contributed by atoms with Gasteiger partial charge in [-0.1, -0.05) is 6.92 Å². The van der Waals surface area contributed by atoms with Crippen LogP contribution in [-0.4, -0.2) is 26.0 Å². The first-order valence-electron chi connectivity index (χ1n) is 6.80. The van der Waals surface area contributed by atoms with Crippen LogP contribution in [0.15, 0.2) is 12.1 Å². The van der Waals surface area contributed by atoms with E-state index in [0.29, 0.717) is 5.75 Å². The number of anilines is 1. The third kappa shape index (κ3) is 4.01. The summed E-state index contributed by atoms with van der Waals surface area (Å²) in [7, 11) is 0. The molecule has 2 N–H and O–H groups in total. The van der Waals surface area contributed by atoms with Crippen molar-refractivity contribution in [3.63, 3.8) is 0 Å². The first kappa shape index (κ1) is 15.0. The zero-order valence-electron chi connectivity index (χ0n) is 12.6. The van der Waals surface area contributed by atoms with Gasteiger partial charge in [0.1, 0.15) is 0 Å². The lowest BCUT2D eigenvalue weighted by molar-refractivity contribution is 0.218. The maximum absolute atomic E-state index is 5.67. The normalized spacial score (nSPS) is 10.7. The standard InChI is InChI=1S/C14H19N5O2/c1-5-10-11(7-6-9(4)16-10)21-14-18-12(15)17-13(19-14)20-8(2)3/h6-8H,5H2,1-4H3,(H2,15,17,18,19). The fourth-order valence-electron chi connectivity index (χ4n) is 1.70. The smallest absolute Gasteiger partial charge is 0.330 e. The molecule has 0 bridgehead atoms. The van der Waals surface area contributed by atoms with Gasteiger partial charge < -0.3 is 15.2 Å². The van der Waals surface area contributed by atoms with Crippen molar-refractivity contribution in [1.82, 2.24) is 19.9 Å². The van der Waals surface area contributed by atoms with Gasteiger partial charge >= 0.3 is 12.0 Å². The van der Waals surface area contributed by atoms with Crippen LogP contribution in [-0.2, 0) is 6.42 Å². The largest absolute Gasteiger partial charge is 0.461 e. The Bertz CT molecular complexity index is 631. The van der Waals surface area contributed by atoms with Gasteiger partial charge in [-0.15, -0.1) is 4.98 Å². The lowest BCUT2D eigenvalue weighted by Gasteiger charge is -2.11. The summed E-state index contributed by atoms with van der Waals surface area (Å²) in [5, 5.41) is 0. The van der Waals surface area contributed by atoms with Crippen LogP contribution in [0.5, 0.6) is 17.8 Å². The Morgan fingerprint density at radius 3 is 2.48 bits per heavy atom. The molecule has 0 unspecified atom stereocenters. The number of hydrogen-bond acceptors (Lipinski definition) is 7. The predicted molar refractivity (Wildman–Crippen MR) is 78.4 cm³/mol. The van der Waals surface area contributed by atoms with Crippen molar-refractivity contribution < 1.29 is 9.47 Å². The summed E-state index contributed by atoms with van der Waals surface area (Å²) < 4.78 is 11.1. The third-order valence-corrected chi connectivity index (χ3v) is 2.56. The van der Waals surface area contributed by atoms with Crippen LogP contribution in [0.1, 0.15) is 32.2 Å². The van der Waals surface area contributed by atoms with Crippen LogP contribution in [0.25, 0.3) is 0 Å². The highest BCUT2D eigenvalue weighted by Crippen LogP contribution is 2.24. The quantitative estimate of drug-likeness (QED) is 0.902. The minimum Gasteiger partial charge on any atom is -0.461 e. The van der Waals surface area contributed by atoms with Crippen molar-refractivity contribution in [1.29, 1.82) is 0 Å². The van der Waals surface area contributed by atoms with Crippen LogP contribution in [0.4, 0.5) is 5.95 Å². The molecule has 0 fully saturated rings. The summed E-state index contributed by atoms with van der Waals surface area (Å²) in [6.07, 6.45) is 0.680. The molecule has 7 nitrogen and oxygen atoms in total. The number of hydrogen-bond donors (Lipinski definition) is 1. The summed E-state index contributed by atoms with van der Waals surface area (Å²) in [6, 6.07) is 3.94.